The summed E-state index contributed by atoms with van der Waals surface area (Å²) in [5.41, 5.74) is 5.33. The number of fused-ring (bicyclic) bond motifs is 3. The second-order valence-corrected chi connectivity index (χ2v) is 4.41. The van der Waals surface area contributed by atoms with E-state index in [4.69, 9.17) is 0 Å². The SMILES string of the molecule is CN=Nc1ccc2c(c1)C(=O)c1cc(C)ccc1-2. The maximum absolute atomic E-state index is 12.3. The monoisotopic (exact) mass is 236 g/mol. The summed E-state index contributed by atoms with van der Waals surface area (Å²) in [6, 6.07) is 11.6. The molecule has 0 spiro atoms. The van der Waals surface area contributed by atoms with Crippen LogP contribution in [0.3, 0.4) is 0 Å². The van der Waals surface area contributed by atoms with E-state index in [1.807, 2.05) is 37.3 Å². The van der Waals surface area contributed by atoms with Gasteiger partial charge in [0.2, 0.25) is 0 Å². The first-order chi connectivity index (χ1) is 8.70. The molecule has 1 aliphatic rings. The molecule has 2 aromatic carbocycles. The van der Waals surface area contributed by atoms with Crippen LogP contribution in [0.15, 0.2) is 46.6 Å². The van der Waals surface area contributed by atoms with E-state index in [0.717, 1.165) is 27.8 Å². The second kappa shape index (κ2) is 3.88. The Kier molecular flexibility index (Phi) is 2.33. The van der Waals surface area contributed by atoms with Gasteiger partial charge < -0.3 is 0 Å². The number of aryl methyl sites for hydroxylation is 1. The molecular formula is C15H12N2O. The van der Waals surface area contributed by atoms with Crippen molar-refractivity contribution in [3.8, 4) is 11.1 Å². The molecule has 0 aromatic heterocycles. The van der Waals surface area contributed by atoms with Crippen molar-refractivity contribution in [2.24, 2.45) is 10.2 Å². The van der Waals surface area contributed by atoms with Gasteiger partial charge in [0.15, 0.2) is 5.78 Å². The summed E-state index contributed by atoms with van der Waals surface area (Å²) < 4.78 is 0. The van der Waals surface area contributed by atoms with Gasteiger partial charge in [-0.05, 0) is 36.2 Å². The fraction of sp³-hybridized carbons (Fsp3) is 0.133. The van der Waals surface area contributed by atoms with E-state index < -0.39 is 0 Å². The molecule has 0 bridgehead atoms. The lowest BCUT2D eigenvalue weighted by Crippen LogP contribution is -1.95. The first kappa shape index (κ1) is 10.8. The minimum atomic E-state index is 0.0804. The maximum Gasteiger partial charge on any atom is 0.194 e. The largest absolute Gasteiger partial charge is 0.289 e. The number of carbonyl (C=O) groups excluding carboxylic acids is 1. The van der Waals surface area contributed by atoms with Crippen LogP contribution in [0.5, 0.6) is 0 Å². The van der Waals surface area contributed by atoms with Gasteiger partial charge in [0.05, 0.1) is 5.69 Å². The number of nitrogens with zero attached hydrogens (tertiary/aromatic N) is 2. The van der Waals surface area contributed by atoms with Crippen molar-refractivity contribution < 1.29 is 4.79 Å². The average molecular weight is 236 g/mol. The standard InChI is InChI=1S/C15H12N2O/c1-9-3-5-11-12-6-4-10(17-16-2)8-14(12)15(18)13(11)7-9/h3-8H,1-2H3. The third-order valence-electron chi connectivity index (χ3n) is 3.17. The van der Waals surface area contributed by atoms with E-state index in [2.05, 4.69) is 10.2 Å². The van der Waals surface area contributed by atoms with Gasteiger partial charge in [-0.25, -0.2) is 0 Å². The highest BCUT2D eigenvalue weighted by atomic mass is 16.1. The highest BCUT2D eigenvalue weighted by Gasteiger charge is 2.26. The summed E-state index contributed by atoms with van der Waals surface area (Å²) in [7, 11) is 1.62. The van der Waals surface area contributed by atoms with Crippen molar-refractivity contribution in [3.05, 3.63) is 53.1 Å². The summed E-state index contributed by atoms with van der Waals surface area (Å²) in [5.74, 6) is 0.0804. The van der Waals surface area contributed by atoms with E-state index in [1.165, 1.54) is 0 Å². The van der Waals surface area contributed by atoms with Crippen LogP contribution in [0.25, 0.3) is 11.1 Å². The first-order valence-corrected chi connectivity index (χ1v) is 5.80. The summed E-state index contributed by atoms with van der Waals surface area (Å²) in [5, 5.41) is 7.71. The number of azo groups is 1. The molecule has 88 valence electrons. The average Bonchev–Trinajstić information content (AvgIpc) is 2.64. The zero-order valence-electron chi connectivity index (χ0n) is 10.3. The fourth-order valence-electron chi connectivity index (χ4n) is 2.36. The molecule has 0 radical (unpaired) electrons. The Morgan fingerprint density at radius 3 is 2.28 bits per heavy atom. The lowest BCUT2D eigenvalue weighted by atomic mass is 10.0. The molecule has 18 heavy (non-hydrogen) atoms. The Labute approximate surface area is 105 Å². The molecule has 0 unspecified atom stereocenters. The van der Waals surface area contributed by atoms with Crippen molar-refractivity contribution in [1.29, 1.82) is 0 Å². The van der Waals surface area contributed by atoms with Gasteiger partial charge in [-0.2, -0.15) is 10.2 Å². The summed E-state index contributed by atoms with van der Waals surface area (Å²) in [4.78, 5) is 12.3. The quantitative estimate of drug-likeness (QED) is 0.590. The molecule has 0 saturated heterocycles. The molecule has 0 heterocycles. The molecule has 0 fully saturated rings. The molecule has 0 aliphatic heterocycles. The molecule has 0 saturated carbocycles. The van der Waals surface area contributed by atoms with Crippen LogP contribution in [-0.4, -0.2) is 12.8 Å². The van der Waals surface area contributed by atoms with Gasteiger partial charge in [-0.15, -0.1) is 0 Å². The van der Waals surface area contributed by atoms with E-state index >= 15 is 0 Å². The van der Waals surface area contributed by atoms with Crippen LogP contribution >= 0.6 is 0 Å². The Balaban J connectivity index is 2.23. The number of ketones is 1. The number of carbonyl (C=O) groups is 1. The molecule has 2 aromatic rings. The maximum atomic E-state index is 12.3. The predicted molar refractivity (Wildman–Crippen MR) is 70.5 cm³/mol. The highest BCUT2D eigenvalue weighted by molar-refractivity contribution is 6.22. The van der Waals surface area contributed by atoms with Crippen LogP contribution in [-0.2, 0) is 0 Å². The third kappa shape index (κ3) is 1.48. The fourth-order valence-corrected chi connectivity index (χ4v) is 2.36. The van der Waals surface area contributed by atoms with Crippen LogP contribution < -0.4 is 0 Å². The van der Waals surface area contributed by atoms with Gasteiger partial charge >= 0.3 is 0 Å². The predicted octanol–water partition coefficient (Wildman–Crippen LogP) is 3.92. The Morgan fingerprint density at radius 1 is 0.889 bits per heavy atom. The number of benzene rings is 2. The number of hydrogen-bond acceptors (Lipinski definition) is 3. The highest BCUT2D eigenvalue weighted by Crippen LogP contribution is 2.38. The first-order valence-electron chi connectivity index (χ1n) is 5.80. The minimum Gasteiger partial charge on any atom is -0.289 e. The molecular weight excluding hydrogens is 224 g/mol. The number of rotatable bonds is 1. The van der Waals surface area contributed by atoms with Crippen LogP contribution in [0.2, 0.25) is 0 Å². The normalized spacial score (nSPS) is 12.9. The van der Waals surface area contributed by atoms with Crippen molar-refractivity contribution in [2.45, 2.75) is 6.92 Å². The van der Waals surface area contributed by atoms with Crippen LogP contribution in [0, 0.1) is 6.92 Å². The van der Waals surface area contributed by atoms with Crippen LogP contribution in [0.1, 0.15) is 21.5 Å². The zero-order chi connectivity index (χ0) is 12.7. The second-order valence-electron chi connectivity index (χ2n) is 4.41. The van der Waals surface area contributed by atoms with E-state index in [1.54, 1.807) is 13.1 Å². The Bertz CT molecular complexity index is 687. The van der Waals surface area contributed by atoms with Crippen molar-refractivity contribution in [3.63, 3.8) is 0 Å². The Morgan fingerprint density at radius 2 is 1.56 bits per heavy atom. The Hall–Kier alpha value is -2.29. The van der Waals surface area contributed by atoms with Crippen LogP contribution in [0.4, 0.5) is 5.69 Å². The molecule has 3 nitrogen and oxygen atoms in total. The van der Waals surface area contributed by atoms with Crippen molar-refractivity contribution in [1.82, 2.24) is 0 Å². The van der Waals surface area contributed by atoms with Crippen molar-refractivity contribution >= 4 is 11.5 Å². The summed E-state index contributed by atoms with van der Waals surface area (Å²) >= 11 is 0. The van der Waals surface area contributed by atoms with E-state index in [9.17, 15) is 4.79 Å². The molecule has 3 heteroatoms. The lowest BCUT2D eigenvalue weighted by Gasteiger charge is -2.00. The molecule has 0 atom stereocenters. The van der Waals surface area contributed by atoms with Gasteiger partial charge in [0, 0.05) is 18.2 Å². The van der Waals surface area contributed by atoms with Gasteiger partial charge in [0.1, 0.15) is 0 Å². The summed E-state index contributed by atoms with van der Waals surface area (Å²) in [6.45, 7) is 1.99. The van der Waals surface area contributed by atoms with E-state index in [-0.39, 0.29) is 5.78 Å². The van der Waals surface area contributed by atoms with E-state index in [0.29, 0.717) is 5.69 Å². The molecule has 3 rings (SSSR count). The smallest absolute Gasteiger partial charge is 0.194 e. The zero-order valence-corrected chi connectivity index (χ0v) is 10.3. The summed E-state index contributed by atoms with van der Waals surface area (Å²) in [6.07, 6.45) is 0. The number of hydrogen-bond donors (Lipinski definition) is 0. The molecule has 1 aliphatic carbocycles. The van der Waals surface area contributed by atoms with Gasteiger partial charge in [-0.3, -0.25) is 4.79 Å². The lowest BCUT2D eigenvalue weighted by molar-refractivity contribution is 0.104. The van der Waals surface area contributed by atoms with Gasteiger partial charge in [0.25, 0.3) is 0 Å². The third-order valence-corrected chi connectivity index (χ3v) is 3.17. The minimum absolute atomic E-state index is 0.0804. The topological polar surface area (TPSA) is 41.8 Å². The molecule has 0 N–H and O–H groups in total. The van der Waals surface area contributed by atoms with Crippen molar-refractivity contribution in [2.75, 3.05) is 7.05 Å². The molecule has 0 amide bonds. The van der Waals surface area contributed by atoms with Gasteiger partial charge in [-0.1, -0.05) is 23.8 Å².